The summed E-state index contributed by atoms with van der Waals surface area (Å²) < 4.78 is 10.4. The maximum Gasteiger partial charge on any atom is 0.0487 e. The number of hydrogen-bond acceptors (Lipinski definition) is 3. The molecule has 0 saturated heterocycles. The Morgan fingerprint density at radius 2 is 1.25 bits per heavy atom. The van der Waals surface area contributed by atoms with E-state index in [-0.39, 0.29) is 0 Å². The van der Waals surface area contributed by atoms with E-state index in [0.29, 0.717) is 0 Å². The topological polar surface area (TPSA) is 18.5 Å². The molecule has 0 radical (unpaired) electrons. The lowest BCUT2D eigenvalue weighted by molar-refractivity contribution is 0.100. The summed E-state index contributed by atoms with van der Waals surface area (Å²) in [5, 5.41) is 0. The van der Waals surface area contributed by atoms with E-state index >= 15 is 0 Å². The van der Waals surface area contributed by atoms with Gasteiger partial charge in [0, 0.05) is 26.9 Å². The van der Waals surface area contributed by atoms with Crippen LogP contribution in [0.1, 0.15) is 51.4 Å². The maximum absolute atomic E-state index is 5.49. The van der Waals surface area contributed by atoms with Gasteiger partial charge in [0.15, 0.2) is 0 Å². The monoisotopic (exact) mass is 248 g/mol. The van der Waals surface area contributed by atoms with Crippen molar-refractivity contribution in [2.24, 2.45) is 0 Å². The molecule has 0 amide bonds. The molecular weight excluding hydrogens is 220 g/mol. The molecule has 0 N–H and O–H groups in total. The van der Waals surface area contributed by atoms with Crippen molar-refractivity contribution in [1.29, 1.82) is 0 Å². The van der Waals surface area contributed by atoms with Gasteiger partial charge in [0.2, 0.25) is 0 Å². The van der Waals surface area contributed by atoms with Crippen LogP contribution in [0.2, 0.25) is 0 Å². The molecule has 16 heavy (non-hydrogen) atoms. The minimum Gasteiger partial charge on any atom is -0.385 e. The van der Waals surface area contributed by atoms with Crippen LogP contribution >= 0.6 is 12.6 Å². The van der Waals surface area contributed by atoms with E-state index < -0.39 is 0 Å². The average molecular weight is 248 g/mol. The Balaban J connectivity index is 2.83. The van der Waals surface area contributed by atoms with E-state index in [1.165, 1.54) is 44.9 Å². The smallest absolute Gasteiger partial charge is 0.0487 e. The van der Waals surface area contributed by atoms with Gasteiger partial charge in [0.05, 0.1) is 0 Å². The number of hydrogen-bond donors (Lipinski definition) is 1. The molecule has 0 rings (SSSR count). The largest absolute Gasteiger partial charge is 0.385 e. The van der Waals surface area contributed by atoms with E-state index in [1.54, 1.807) is 7.11 Å². The summed E-state index contributed by atoms with van der Waals surface area (Å²) in [5.41, 5.74) is 0. The summed E-state index contributed by atoms with van der Waals surface area (Å²) in [6.45, 7) is 2.57. The van der Waals surface area contributed by atoms with Crippen molar-refractivity contribution in [3.05, 3.63) is 0 Å². The fraction of sp³-hybridized carbons (Fsp3) is 1.00. The minimum atomic E-state index is 0.811. The van der Waals surface area contributed by atoms with E-state index in [2.05, 4.69) is 12.6 Å². The Bertz CT molecular complexity index is 107. The molecule has 0 bridgehead atoms. The third-order valence-corrected chi connectivity index (χ3v) is 2.90. The van der Waals surface area contributed by atoms with Crippen molar-refractivity contribution in [1.82, 2.24) is 0 Å². The van der Waals surface area contributed by atoms with E-state index in [9.17, 15) is 0 Å². The van der Waals surface area contributed by atoms with Crippen LogP contribution in [-0.2, 0) is 9.47 Å². The van der Waals surface area contributed by atoms with Crippen molar-refractivity contribution < 1.29 is 9.47 Å². The van der Waals surface area contributed by atoms with Crippen molar-refractivity contribution >= 4 is 12.6 Å². The fourth-order valence-corrected chi connectivity index (χ4v) is 1.83. The molecule has 0 aliphatic carbocycles. The molecule has 0 unspecified atom stereocenters. The predicted octanol–water partition coefficient (Wildman–Crippen LogP) is 3.70. The van der Waals surface area contributed by atoms with Crippen LogP contribution in [0.4, 0.5) is 0 Å². The molecular formula is C13H28O2S. The Labute approximate surface area is 107 Å². The van der Waals surface area contributed by atoms with Gasteiger partial charge in [-0.05, 0) is 25.0 Å². The van der Waals surface area contributed by atoms with Crippen LogP contribution < -0.4 is 0 Å². The van der Waals surface area contributed by atoms with Gasteiger partial charge in [-0.1, -0.05) is 32.1 Å². The maximum atomic E-state index is 5.49. The van der Waals surface area contributed by atoms with Gasteiger partial charge >= 0.3 is 0 Å². The van der Waals surface area contributed by atoms with Crippen LogP contribution in [0.5, 0.6) is 0 Å². The second-order valence-corrected chi connectivity index (χ2v) is 4.60. The zero-order valence-electron chi connectivity index (χ0n) is 10.7. The second kappa shape index (κ2) is 15.3. The Morgan fingerprint density at radius 1 is 0.688 bits per heavy atom. The number of ether oxygens (including phenoxy) is 2. The summed E-state index contributed by atoms with van der Waals surface area (Å²) >= 11 is 4.20. The normalized spacial score (nSPS) is 10.9. The highest BCUT2D eigenvalue weighted by Crippen LogP contribution is 2.07. The lowest BCUT2D eigenvalue weighted by Gasteiger charge is -2.04. The van der Waals surface area contributed by atoms with Gasteiger partial charge in [-0.2, -0.15) is 12.6 Å². The van der Waals surface area contributed by atoms with Gasteiger partial charge in [0.1, 0.15) is 0 Å². The van der Waals surface area contributed by atoms with E-state index in [0.717, 1.165) is 32.0 Å². The molecule has 0 spiro atoms. The van der Waals surface area contributed by atoms with Crippen molar-refractivity contribution in [3.8, 4) is 0 Å². The SMILES string of the molecule is COCCCOCCCCCCCCCS. The number of unbranched alkanes of at least 4 members (excludes halogenated alkanes) is 6. The molecule has 0 atom stereocenters. The third-order valence-electron chi connectivity index (χ3n) is 2.58. The van der Waals surface area contributed by atoms with Gasteiger partial charge in [-0.25, -0.2) is 0 Å². The Kier molecular flexibility index (Phi) is 15.5. The summed E-state index contributed by atoms with van der Waals surface area (Å²) in [4.78, 5) is 0. The number of rotatable bonds is 13. The molecule has 3 heteroatoms. The Morgan fingerprint density at radius 3 is 1.88 bits per heavy atom. The number of thiol groups is 1. The Hall–Kier alpha value is 0.270. The summed E-state index contributed by atoms with van der Waals surface area (Å²) in [6, 6.07) is 0. The summed E-state index contributed by atoms with van der Waals surface area (Å²) in [6.07, 6.45) is 10.2. The molecule has 2 nitrogen and oxygen atoms in total. The van der Waals surface area contributed by atoms with Crippen LogP contribution in [0.25, 0.3) is 0 Å². The van der Waals surface area contributed by atoms with E-state index in [4.69, 9.17) is 9.47 Å². The van der Waals surface area contributed by atoms with E-state index in [1.807, 2.05) is 0 Å². The standard InChI is InChI=1S/C13H28O2S/c1-14-10-9-12-15-11-7-5-3-2-4-6-8-13-16/h16H,2-13H2,1H3. The van der Waals surface area contributed by atoms with Crippen LogP contribution in [0, 0.1) is 0 Å². The molecule has 0 fully saturated rings. The zero-order chi connectivity index (χ0) is 11.9. The lowest BCUT2D eigenvalue weighted by Crippen LogP contribution is -2.00. The first-order valence-corrected chi connectivity index (χ1v) is 7.22. The zero-order valence-corrected chi connectivity index (χ0v) is 11.6. The molecule has 0 aromatic rings. The first-order chi connectivity index (χ1) is 7.91. The van der Waals surface area contributed by atoms with Crippen LogP contribution in [0.15, 0.2) is 0 Å². The van der Waals surface area contributed by atoms with Crippen LogP contribution in [0.3, 0.4) is 0 Å². The van der Waals surface area contributed by atoms with Crippen molar-refractivity contribution in [3.63, 3.8) is 0 Å². The summed E-state index contributed by atoms with van der Waals surface area (Å²) in [5.74, 6) is 1.04. The molecule has 0 aromatic carbocycles. The molecule has 0 saturated carbocycles. The first kappa shape index (κ1) is 16.3. The molecule has 0 aromatic heterocycles. The molecule has 0 aliphatic rings. The first-order valence-electron chi connectivity index (χ1n) is 6.59. The van der Waals surface area contributed by atoms with Gasteiger partial charge < -0.3 is 9.47 Å². The fourth-order valence-electron chi connectivity index (χ4n) is 1.61. The average Bonchev–Trinajstić information content (AvgIpc) is 2.31. The molecule has 98 valence electrons. The van der Waals surface area contributed by atoms with Gasteiger partial charge in [-0.3, -0.25) is 0 Å². The van der Waals surface area contributed by atoms with Crippen molar-refractivity contribution in [2.45, 2.75) is 51.4 Å². The lowest BCUT2D eigenvalue weighted by atomic mass is 10.1. The minimum absolute atomic E-state index is 0.811. The molecule has 0 aliphatic heterocycles. The van der Waals surface area contributed by atoms with Crippen molar-refractivity contribution in [2.75, 3.05) is 32.7 Å². The summed E-state index contributed by atoms with van der Waals surface area (Å²) in [7, 11) is 1.73. The van der Waals surface area contributed by atoms with Gasteiger partial charge in [0.25, 0.3) is 0 Å². The highest BCUT2D eigenvalue weighted by molar-refractivity contribution is 7.80. The molecule has 0 heterocycles. The number of methoxy groups -OCH3 is 1. The third kappa shape index (κ3) is 14.3. The predicted molar refractivity (Wildman–Crippen MR) is 73.5 cm³/mol. The van der Waals surface area contributed by atoms with Crippen LogP contribution in [-0.4, -0.2) is 32.7 Å². The quantitative estimate of drug-likeness (QED) is 0.396. The highest BCUT2D eigenvalue weighted by Gasteiger charge is 1.92. The van der Waals surface area contributed by atoms with Gasteiger partial charge in [-0.15, -0.1) is 0 Å². The highest BCUT2D eigenvalue weighted by atomic mass is 32.1. The second-order valence-electron chi connectivity index (χ2n) is 4.16.